The molecule has 2 aliphatic heterocycles. The van der Waals surface area contributed by atoms with Crippen LogP contribution in [0.3, 0.4) is 0 Å². The molecule has 2 unspecified atom stereocenters. The van der Waals surface area contributed by atoms with Crippen LogP contribution in [0.1, 0.15) is 11.7 Å². The fourth-order valence-corrected chi connectivity index (χ4v) is 1.83. The lowest BCUT2D eigenvalue weighted by molar-refractivity contribution is 0.118. The van der Waals surface area contributed by atoms with Crippen molar-refractivity contribution in [2.24, 2.45) is 0 Å². The summed E-state index contributed by atoms with van der Waals surface area (Å²) in [7, 11) is 1.92. The first-order chi connectivity index (χ1) is 6.34. The Hall–Kier alpha value is -1.45. The summed E-state index contributed by atoms with van der Waals surface area (Å²) in [5.74, 6) is 0. The molecule has 0 bridgehead atoms. The minimum Gasteiger partial charge on any atom is -0.436 e. The van der Waals surface area contributed by atoms with Gasteiger partial charge in [0.25, 0.3) is 0 Å². The van der Waals surface area contributed by atoms with Gasteiger partial charge in [-0.2, -0.15) is 0 Å². The Morgan fingerprint density at radius 1 is 1.23 bits per heavy atom. The van der Waals surface area contributed by atoms with Crippen LogP contribution in [0.15, 0.2) is 24.3 Å². The van der Waals surface area contributed by atoms with Crippen molar-refractivity contribution in [3.05, 3.63) is 29.8 Å². The molecule has 1 fully saturated rings. The van der Waals surface area contributed by atoms with Gasteiger partial charge in [0.1, 0.15) is 6.00 Å². The van der Waals surface area contributed by atoms with Crippen molar-refractivity contribution >= 4 is 18.9 Å². The predicted octanol–water partition coefficient (Wildman–Crippen LogP) is 0.564. The maximum absolute atomic E-state index is 10.8. The van der Waals surface area contributed by atoms with E-state index in [-0.39, 0.29) is 12.1 Å². The largest absolute Gasteiger partial charge is 0.508 e. The highest BCUT2D eigenvalue weighted by Gasteiger charge is 2.44. The highest BCUT2D eigenvalue weighted by Crippen LogP contribution is 2.32. The number of hydrogen-bond acceptors (Lipinski definition) is 3. The van der Waals surface area contributed by atoms with Crippen LogP contribution in [-0.4, -0.2) is 19.4 Å². The van der Waals surface area contributed by atoms with E-state index in [0.29, 0.717) is 0 Å². The third-order valence-electron chi connectivity index (χ3n) is 2.40. The Morgan fingerprint density at radius 3 is 3.00 bits per heavy atom. The van der Waals surface area contributed by atoms with Gasteiger partial charge in [0.15, 0.2) is 6.10 Å². The van der Waals surface area contributed by atoms with Gasteiger partial charge in [0, 0.05) is 0 Å². The number of hydrogen-bond donors (Lipinski definition) is 0. The van der Waals surface area contributed by atoms with Gasteiger partial charge >= 0.3 is 6.16 Å². The Morgan fingerprint density at radius 2 is 2.08 bits per heavy atom. The summed E-state index contributed by atoms with van der Waals surface area (Å²) in [5, 5.41) is 0. The summed E-state index contributed by atoms with van der Waals surface area (Å²) in [6, 6.07) is 7.62. The smallest absolute Gasteiger partial charge is 0.436 e. The topological polar surface area (TPSA) is 35.5 Å². The van der Waals surface area contributed by atoms with Gasteiger partial charge in [-0.1, -0.05) is 29.7 Å². The molecule has 0 saturated carbocycles. The van der Waals surface area contributed by atoms with E-state index >= 15 is 0 Å². The molecule has 13 heavy (non-hydrogen) atoms. The van der Waals surface area contributed by atoms with Crippen LogP contribution < -0.4 is 5.46 Å². The first-order valence-corrected chi connectivity index (χ1v) is 4.16. The Bertz CT molecular complexity index is 377. The van der Waals surface area contributed by atoms with Crippen molar-refractivity contribution in [2.75, 3.05) is 0 Å². The summed E-state index contributed by atoms with van der Waals surface area (Å²) in [6.07, 6.45) is -0.788. The zero-order valence-corrected chi connectivity index (χ0v) is 6.77. The molecule has 1 radical (unpaired) electrons. The molecule has 63 valence electrons. The minimum atomic E-state index is -0.569. The van der Waals surface area contributed by atoms with Gasteiger partial charge in [-0.15, -0.1) is 0 Å². The summed E-state index contributed by atoms with van der Waals surface area (Å²) in [6.45, 7) is 0. The molecule has 2 aliphatic rings. The maximum atomic E-state index is 10.8. The zero-order valence-electron chi connectivity index (χ0n) is 6.77. The average molecular weight is 173 g/mol. The second-order valence-corrected chi connectivity index (χ2v) is 3.17. The van der Waals surface area contributed by atoms with Crippen molar-refractivity contribution < 1.29 is 14.3 Å². The standard InChI is InChI=1S/C9H6BO3/c11-9-12-7-5-3-1-2-4-6(5)10-8(7)13-9/h1-4,7-8H. The monoisotopic (exact) mass is 173 g/mol. The highest BCUT2D eigenvalue weighted by atomic mass is 16.8. The quantitative estimate of drug-likeness (QED) is 0.424. The predicted molar refractivity (Wildman–Crippen MR) is 45.9 cm³/mol. The van der Waals surface area contributed by atoms with Crippen molar-refractivity contribution in [1.29, 1.82) is 0 Å². The maximum Gasteiger partial charge on any atom is 0.508 e. The average Bonchev–Trinajstić information content (AvgIpc) is 2.60. The molecule has 0 N–H and O–H groups in total. The van der Waals surface area contributed by atoms with Gasteiger partial charge in [-0.25, -0.2) is 4.79 Å². The SMILES string of the molecule is O=C1OC2[B]c3ccccc3C2O1. The summed E-state index contributed by atoms with van der Waals surface area (Å²) >= 11 is 0. The first kappa shape index (κ1) is 7.01. The molecule has 4 heteroatoms. The van der Waals surface area contributed by atoms with Crippen LogP contribution in [0.5, 0.6) is 0 Å². The third kappa shape index (κ3) is 0.884. The van der Waals surface area contributed by atoms with Gasteiger partial charge in [0.05, 0.1) is 0 Å². The van der Waals surface area contributed by atoms with E-state index < -0.39 is 6.16 Å². The molecule has 0 amide bonds. The molecule has 0 spiro atoms. The molecule has 0 aliphatic carbocycles. The molecule has 1 saturated heterocycles. The van der Waals surface area contributed by atoms with Crippen molar-refractivity contribution in [3.8, 4) is 0 Å². The highest BCUT2D eigenvalue weighted by molar-refractivity contribution is 6.57. The molecular weight excluding hydrogens is 167 g/mol. The Balaban J connectivity index is 2.06. The number of rotatable bonds is 0. The van der Waals surface area contributed by atoms with Crippen LogP contribution in [0.2, 0.25) is 0 Å². The second-order valence-electron chi connectivity index (χ2n) is 3.17. The summed E-state index contributed by atoms with van der Waals surface area (Å²) < 4.78 is 9.97. The van der Waals surface area contributed by atoms with Gasteiger partial charge in [-0.3, -0.25) is 0 Å². The molecular formula is C9H6BO3. The van der Waals surface area contributed by atoms with E-state index in [9.17, 15) is 4.79 Å². The molecule has 1 aromatic rings. The third-order valence-corrected chi connectivity index (χ3v) is 2.40. The molecule has 3 nitrogen and oxygen atoms in total. The minimum absolute atomic E-state index is 0.218. The van der Waals surface area contributed by atoms with Gasteiger partial charge in [0.2, 0.25) is 7.28 Å². The van der Waals surface area contributed by atoms with Crippen LogP contribution in [0, 0.1) is 0 Å². The number of carbonyl (C=O) groups is 1. The fourth-order valence-electron chi connectivity index (χ4n) is 1.83. The van der Waals surface area contributed by atoms with Crippen molar-refractivity contribution in [2.45, 2.75) is 12.1 Å². The van der Waals surface area contributed by atoms with Crippen LogP contribution in [0.25, 0.3) is 0 Å². The van der Waals surface area contributed by atoms with Crippen LogP contribution in [-0.2, 0) is 9.47 Å². The number of fused-ring (bicyclic) bond motifs is 3. The number of carbonyl (C=O) groups excluding carboxylic acids is 1. The van der Waals surface area contributed by atoms with Crippen LogP contribution in [0.4, 0.5) is 4.79 Å². The molecule has 2 heterocycles. The molecule has 1 aromatic carbocycles. The summed E-state index contributed by atoms with van der Waals surface area (Å²) in [5.41, 5.74) is 2.14. The van der Waals surface area contributed by atoms with E-state index in [1.54, 1.807) is 0 Å². The van der Waals surface area contributed by atoms with Gasteiger partial charge < -0.3 is 9.47 Å². The lowest BCUT2D eigenvalue weighted by atomic mass is 9.69. The number of ether oxygens (including phenoxy) is 2. The second kappa shape index (κ2) is 2.28. The van der Waals surface area contributed by atoms with E-state index in [2.05, 4.69) is 0 Å². The molecule has 3 rings (SSSR count). The molecule has 0 aromatic heterocycles. The Kier molecular flexibility index (Phi) is 1.23. The van der Waals surface area contributed by atoms with E-state index in [1.165, 1.54) is 0 Å². The lowest BCUT2D eigenvalue weighted by Gasteiger charge is -2.05. The van der Waals surface area contributed by atoms with E-state index in [4.69, 9.17) is 9.47 Å². The Labute approximate surface area is 75.9 Å². The van der Waals surface area contributed by atoms with E-state index in [1.807, 2.05) is 31.5 Å². The fraction of sp³-hybridized carbons (Fsp3) is 0.222. The van der Waals surface area contributed by atoms with Crippen LogP contribution >= 0.6 is 0 Å². The normalized spacial score (nSPS) is 28.5. The van der Waals surface area contributed by atoms with E-state index in [0.717, 1.165) is 11.0 Å². The van der Waals surface area contributed by atoms with Crippen molar-refractivity contribution in [3.63, 3.8) is 0 Å². The van der Waals surface area contributed by atoms with Crippen molar-refractivity contribution in [1.82, 2.24) is 0 Å². The molecule has 2 atom stereocenters. The first-order valence-electron chi connectivity index (χ1n) is 4.16. The summed E-state index contributed by atoms with van der Waals surface area (Å²) in [4.78, 5) is 10.8. The number of benzene rings is 1. The lowest BCUT2D eigenvalue weighted by Crippen LogP contribution is -2.21. The zero-order chi connectivity index (χ0) is 8.84. The van der Waals surface area contributed by atoms with Gasteiger partial charge in [-0.05, 0) is 5.56 Å².